The highest BCUT2D eigenvalue weighted by molar-refractivity contribution is 5.82. The summed E-state index contributed by atoms with van der Waals surface area (Å²) in [7, 11) is 0. The minimum Gasteiger partial charge on any atom is -0.353 e. The van der Waals surface area contributed by atoms with E-state index in [-0.39, 0.29) is 29.2 Å². The molecule has 2 N–H and O–H groups in total. The van der Waals surface area contributed by atoms with Gasteiger partial charge in [-0.25, -0.2) is 0 Å². The molecule has 2 amide bonds. The van der Waals surface area contributed by atoms with Crippen LogP contribution in [0.1, 0.15) is 46.5 Å². The highest BCUT2D eigenvalue weighted by atomic mass is 16.2. The van der Waals surface area contributed by atoms with Gasteiger partial charge in [-0.15, -0.1) is 0 Å². The van der Waals surface area contributed by atoms with E-state index < -0.39 is 0 Å². The molecule has 5 heteroatoms. The second-order valence-corrected chi connectivity index (χ2v) is 7.35. The van der Waals surface area contributed by atoms with E-state index in [1.54, 1.807) is 0 Å². The Morgan fingerprint density at radius 1 is 1.05 bits per heavy atom. The number of rotatable bonds is 2. The Morgan fingerprint density at radius 3 is 2.14 bits per heavy atom. The van der Waals surface area contributed by atoms with E-state index in [4.69, 9.17) is 0 Å². The average Bonchev–Trinajstić information content (AvgIpc) is 2.47. The Kier molecular flexibility index (Phi) is 5.25. The molecule has 0 bridgehead atoms. The van der Waals surface area contributed by atoms with Gasteiger partial charge in [0.25, 0.3) is 0 Å². The number of likely N-dealkylation sites (tertiary alicyclic amines) is 1. The zero-order valence-corrected chi connectivity index (χ0v) is 13.6. The molecule has 0 saturated carbocycles. The molecule has 0 aromatic rings. The smallest absolute Gasteiger partial charge is 0.227 e. The summed E-state index contributed by atoms with van der Waals surface area (Å²) < 4.78 is 0. The van der Waals surface area contributed by atoms with Gasteiger partial charge in [0.05, 0.1) is 0 Å². The van der Waals surface area contributed by atoms with E-state index in [1.165, 1.54) is 0 Å². The van der Waals surface area contributed by atoms with Crippen molar-refractivity contribution in [1.82, 2.24) is 15.5 Å². The Hall–Kier alpha value is -1.10. The van der Waals surface area contributed by atoms with Crippen molar-refractivity contribution in [2.45, 2.75) is 52.5 Å². The van der Waals surface area contributed by atoms with Gasteiger partial charge in [0.15, 0.2) is 0 Å². The Labute approximate surface area is 127 Å². The van der Waals surface area contributed by atoms with Gasteiger partial charge in [-0.1, -0.05) is 20.8 Å². The molecular weight excluding hydrogens is 266 g/mol. The molecule has 0 aromatic carbocycles. The van der Waals surface area contributed by atoms with Crippen LogP contribution in [0.15, 0.2) is 0 Å². The van der Waals surface area contributed by atoms with Crippen LogP contribution < -0.4 is 10.6 Å². The predicted octanol–water partition coefficient (Wildman–Crippen LogP) is 1.14. The first-order chi connectivity index (χ1) is 9.88. The second-order valence-electron chi connectivity index (χ2n) is 7.35. The highest BCUT2D eigenvalue weighted by Gasteiger charge is 2.31. The van der Waals surface area contributed by atoms with Gasteiger partial charge >= 0.3 is 0 Å². The first-order valence-corrected chi connectivity index (χ1v) is 8.18. The number of amides is 2. The second kappa shape index (κ2) is 6.77. The summed E-state index contributed by atoms with van der Waals surface area (Å²) in [4.78, 5) is 26.4. The van der Waals surface area contributed by atoms with Crippen LogP contribution in [0.5, 0.6) is 0 Å². The Bertz CT molecular complexity index is 375. The van der Waals surface area contributed by atoms with Gasteiger partial charge in [0.1, 0.15) is 0 Å². The first kappa shape index (κ1) is 16.3. The molecule has 0 aliphatic carbocycles. The van der Waals surface area contributed by atoms with Crippen molar-refractivity contribution in [2.24, 2.45) is 11.3 Å². The summed E-state index contributed by atoms with van der Waals surface area (Å²) in [5.74, 6) is 0.586. The van der Waals surface area contributed by atoms with Gasteiger partial charge in [0.2, 0.25) is 11.8 Å². The molecule has 0 aromatic heterocycles. The van der Waals surface area contributed by atoms with E-state index in [0.717, 1.165) is 51.9 Å². The third-order valence-corrected chi connectivity index (χ3v) is 4.48. The SMILES string of the molecule is CC(C)(C)C(=O)N1CCC(NC(=O)C2CCNCC2)CC1. The minimum atomic E-state index is -0.314. The molecule has 0 unspecified atom stereocenters. The number of piperidine rings is 2. The molecular formula is C16H29N3O2. The fraction of sp³-hybridized carbons (Fsp3) is 0.875. The molecule has 0 radical (unpaired) electrons. The minimum absolute atomic E-state index is 0.167. The number of hydrogen-bond acceptors (Lipinski definition) is 3. The predicted molar refractivity (Wildman–Crippen MR) is 82.8 cm³/mol. The number of nitrogens with zero attached hydrogens (tertiary/aromatic N) is 1. The topological polar surface area (TPSA) is 61.4 Å². The Morgan fingerprint density at radius 2 is 1.62 bits per heavy atom. The van der Waals surface area contributed by atoms with E-state index in [1.807, 2.05) is 25.7 Å². The van der Waals surface area contributed by atoms with E-state index >= 15 is 0 Å². The standard InChI is InChI=1S/C16H29N3O2/c1-16(2,3)15(21)19-10-6-13(7-11-19)18-14(20)12-4-8-17-9-5-12/h12-13,17H,4-11H2,1-3H3,(H,18,20). The lowest BCUT2D eigenvalue weighted by Crippen LogP contribution is -2.50. The molecule has 120 valence electrons. The molecule has 2 aliphatic rings. The molecule has 21 heavy (non-hydrogen) atoms. The van der Waals surface area contributed by atoms with Crippen molar-refractivity contribution >= 4 is 11.8 Å². The number of carbonyl (C=O) groups is 2. The summed E-state index contributed by atoms with van der Waals surface area (Å²) in [6.45, 7) is 9.27. The summed E-state index contributed by atoms with van der Waals surface area (Å²) in [6, 6.07) is 0.233. The largest absolute Gasteiger partial charge is 0.353 e. The van der Waals surface area contributed by atoms with Crippen LogP contribution in [0.4, 0.5) is 0 Å². The maximum Gasteiger partial charge on any atom is 0.227 e. The summed E-state index contributed by atoms with van der Waals surface area (Å²) in [5.41, 5.74) is -0.314. The van der Waals surface area contributed by atoms with Crippen LogP contribution in [0.3, 0.4) is 0 Å². The number of nitrogens with one attached hydrogen (secondary N) is 2. The molecule has 2 rings (SSSR count). The van der Waals surface area contributed by atoms with E-state index in [0.29, 0.717) is 0 Å². The van der Waals surface area contributed by atoms with Crippen molar-refractivity contribution in [3.05, 3.63) is 0 Å². The quantitative estimate of drug-likeness (QED) is 0.803. The fourth-order valence-electron chi connectivity index (χ4n) is 3.10. The van der Waals surface area contributed by atoms with Crippen LogP contribution in [-0.2, 0) is 9.59 Å². The van der Waals surface area contributed by atoms with Crippen molar-refractivity contribution < 1.29 is 9.59 Å². The molecule has 2 heterocycles. The van der Waals surface area contributed by atoms with E-state index in [2.05, 4.69) is 10.6 Å². The molecule has 2 fully saturated rings. The monoisotopic (exact) mass is 295 g/mol. The third-order valence-electron chi connectivity index (χ3n) is 4.48. The van der Waals surface area contributed by atoms with Gasteiger partial charge < -0.3 is 15.5 Å². The van der Waals surface area contributed by atoms with Crippen LogP contribution in [0.2, 0.25) is 0 Å². The third kappa shape index (κ3) is 4.43. The maximum atomic E-state index is 12.2. The summed E-state index contributed by atoms with van der Waals surface area (Å²) >= 11 is 0. The highest BCUT2D eigenvalue weighted by Crippen LogP contribution is 2.21. The molecule has 0 spiro atoms. The molecule has 2 saturated heterocycles. The molecule has 0 atom stereocenters. The van der Waals surface area contributed by atoms with Crippen LogP contribution in [0, 0.1) is 11.3 Å². The number of hydrogen-bond donors (Lipinski definition) is 2. The normalized spacial score (nSPS) is 22.1. The lowest BCUT2D eigenvalue weighted by molar-refractivity contribution is -0.140. The summed E-state index contributed by atoms with van der Waals surface area (Å²) in [6.07, 6.45) is 3.62. The van der Waals surface area contributed by atoms with Gasteiger partial charge in [0, 0.05) is 30.5 Å². The summed E-state index contributed by atoms with van der Waals surface area (Å²) in [5, 5.41) is 6.46. The lowest BCUT2D eigenvalue weighted by atomic mass is 9.92. The van der Waals surface area contributed by atoms with Crippen LogP contribution >= 0.6 is 0 Å². The lowest BCUT2D eigenvalue weighted by Gasteiger charge is -2.36. The van der Waals surface area contributed by atoms with E-state index in [9.17, 15) is 9.59 Å². The van der Waals surface area contributed by atoms with Gasteiger partial charge in [-0.2, -0.15) is 0 Å². The van der Waals surface area contributed by atoms with Gasteiger partial charge in [-0.3, -0.25) is 9.59 Å². The van der Waals surface area contributed by atoms with Crippen molar-refractivity contribution in [3.63, 3.8) is 0 Å². The fourth-order valence-corrected chi connectivity index (χ4v) is 3.10. The Balaban J connectivity index is 1.76. The van der Waals surface area contributed by atoms with Crippen molar-refractivity contribution in [3.8, 4) is 0 Å². The van der Waals surface area contributed by atoms with Crippen molar-refractivity contribution in [2.75, 3.05) is 26.2 Å². The molecule has 2 aliphatic heterocycles. The average molecular weight is 295 g/mol. The zero-order chi connectivity index (χ0) is 15.5. The maximum absolute atomic E-state index is 12.2. The van der Waals surface area contributed by atoms with Crippen LogP contribution in [-0.4, -0.2) is 48.9 Å². The number of carbonyl (C=O) groups excluding carboxylic acids is 2. The van der Waals surface area contributed by atoms with Gasteiger partial charge in [-0.05, 0) is 38.8 Å². The zero-order valence-electron chi connectivity index (χ0n) is 13.6. The first-order valence-electron chi connectivity index (χ1n) is 8.18. The van der Waals surface area contributed by atoms with Crippen molar-refractivity contribution in [1.29, 1.82) is 0 Å². The van der Waals surface area contributed by atoms with Crippen LogP contribution in [0.25, 0.3) is 0 Å². The molecule has 5 nitrogen and oxygen atoms in total.